The lowest BCUT2D eigenvalue weighted by atomic mass is 9.88. The molecule has 2 aliphatic rings. The van der Waals surface area contributed by atoms with Gasteiger partial charge in [-0.25, -0.2) is 0 Å². The van der Waals surface area contributed by atoms with E-state index >= 15 is 0 Å². The number of nitrogens with two attached hydrogens (primary N) is 1. The Hall–Kier alpha value is -2.93. The van der Waals surface area contributed by atoms with E-state index in [0.717, 1.165) is 81.9 Å². The molecule has 0 radical (unpaired) electrons. The molecule has 176 valence electrons. The molecule has 1 aromatic carbocycles. The molecule has 7 heteroatoms. The van der Waals surface area contributed by atoms with Crippen molar-refractivity contribution in [1.29, 1.82) is 0 Å². The normalized spacial score (nSPS) is 18.9. The van der Waals surface area contributed by atoms with Crippen molar-refractivity contribution in [2.75, 3.05) is 39.0 Å². The minimum absolute atomic E-state index is 0.151. The van der Waals surface area contributed by atoms with Gasteiger partial charge in [-0.05, 0) is 80.9 Å². The fourth-order valence-electron chi connectivity index (χ4n) is 5.01. The van der Waals surface area contributed by atoms with Crippen LogP contribution in [-0.4, -0.2) is 59.7 Å². The zero-order chi connectivity index (χ0) is 23.0. The Labute approximate surface area is 196 Å². The van der Waals surface area contributed by atoms with Crippen LogP contribution >= 0.6 is 0 Å². The van der Waals surface area contributed by atoms with Gasteiger partial charge in [-0.1, -0.05) is 23.4 Å². The Bertz CT molecular complexity index is 933. The van der Waals surface area contributed by atoms with E-state index in [0.29, 0.717) is 11.8 Å². The molecule has 2 saturated heterocycles. The smallest absolute Gasteiger partial charge is 0.225 e. The number of piperidine rings is 2. The lowest BCUT2D eigenvalue weighted by Gasteiger charge is -2.37. The number of hydrogen-bond donors (Lipinski definition) is 1. The van der Waals surface area contributed by atoms with Crippen LogP contribution in [0.25, 0.3) is 0 Å². The molecule has 3 heterocycles. The number of amides is 1. The van der Waals surface area contributed by atoms with Crippen molar-refractivity contribution >= 4 is 17.3 Å². The summed E-state index contributed by atoms with van der Waals surface area (Å²) in [5.74, 6) is 0.982. The Morgan fingerprint density at radius 3 is 2.55 bits per heavy atom. The molecular weight excluding hydrogens is 414 g/mol. The average Bonchev–Trinajstić information content (AvgIpc) is 2.85. The van der Waals surface area contributed by atoms with E-state index in [-0.39, 0.29) is 5.92 Å². The number of oxime groups is 1. The van der Waals surface area contributed by atoms with Crippen LogP contribution < -0.4 is 5.73 Å². The fourth-order valence-corrected chi connectivity index (χ4v) is 5.01. The van der Waals surface area contributed by atoms with Crippen molar-refractivity contribution in [2.45, 2.75) is 38.6 Å². The van der Waals surface area contributed by atoms with E-state index in [2.05, 4.69) is 26.0 Å². The Kier molecular flexibility index (Phi) is 7.94. The summed E-state index contributed by atoms with van der Waals surface area (Å²) < 4.78 is 0. The van der Waals surface area contributed by atoms with E-state index in [1.807, 2.05) is 36.4 Å². The maximum Gasteiger partial charge on any atom is 0.225 e. The first-order valence-electron chi connectivity index (χ1n) is 12.0. The molecule has 2 N–H and O–H groups in total. The highest BCUT2D eigenvalue weighted by molar-refractivity contribution is 5.98. The second-order valence-electron chi connectivity index (χ2n) is 9.20. The standard InChI is InChI=1S/C26H35N5O2/c1-33-29-25(24-7-2-3-12-28-24)18-20-8-15-31(16-9-20)26(32)22-10-13-30(14-11-22)19-21-5-4-6-23(27)17-21/h2-7,12,17,20,22H,8-11,13-16,18-19,27H2,1H3/b29-25+. The molecule has 2 aromatic rings. The Morgan fingerprint density at radius 1 is 1.09 bits per heavy atom. The monoisotopic (exact) mass is 449 g/mol. The number of anilines is 1. The number of aromatic nitrogens is 1. The largest absolute Gasteiger partial charge is 0.399 e. The summed E-state index contributed by atoms with van der Waals surface area (Å²) in [5.41, 5.74) is 9.70. The van der Waals surface area contributed by atoms with E-state index in [1.54, 1.807) is 13.3 Å². The van der Waals surface area contributed by atoms with Crippen LogP contribution in [-0.2, 0) is 16.2 Å². The molecule has 0 spiro atoms. The first-order valence-corrected chi connectivity index (χ1v) is 12.0. The van der Waals surface area contributed by atoms with Gasteiger partial charge in [0.15, 0.2) is 0 Å². The van der Waals surface area contributed by atoms with Crippen LogP contribution in [0.15, 0.2) is 53.8 Å². The third-order valence-corrected chi connectivity index (χ3v) is 6.86. The summed E-state index contributed by atoms with van der Waals surface area (Å²) in [6.45, 7) is 4.48. The lowest BCUT2D eigenvalue weighted by Crippen LogP contribution is -2.45. The van der Waals surface area contributed by atoms with Gasteiger partial charge < -0.3 is 15.5 Å². The molecular formula is C26H35N5O2. The molecule has 2 fully saturated rings. The molecule has 0 aliphatic carbocycles. The summed E-state index contributed by atoms with van der Waals surface area (Å²) >= 11 is 0. The molecule has 0 saturated carbocycles. The number of carbonyl (C=O) groups excluding carboxylic acids is 1. The maximum absolute atomic E-state index is 13.2. The van der Waals surface area contributed by atoms with Gasteiger partial charge >= 0.3 is 0 Å². The predicted octanol–water partition coefficient (Wildman–Crippen LogP) is 3.56. The summed E-state index contributed by atoms with van der Waals surface area (Å²) in [6, 6.07) is 13.9. The summed E-state index contributed by atoms with van der Waals surface area (Å²) in [5, 5.41) is 4.22. The van der Waals surface area contributed by atoms with Gasteiger partial charge in [0.25, 0.3) is 0 Å². The summed E-state index contributed by atoms with van der Waals surface area (Å²) in [4.78, 5) is 27.2. The number of nitrogens with zero attached hydrogens (tertiary/aromatic N) is 4. The number of benzene rings is 1. The Morgan fingerprint density at radius 2 is 1.88 bits per heavy atom. The van der Waals surface area contributed by atoms with Crippen LogP contribution in [0.4, 0.5) is 5.69 Å². The molecule has 0 bridgehead atoms. The molecule has 7 nitrogen and oxygen atoms in total. The van der Waals surface area contributed by atoms with E-state index in [1.165, 1.54) is 5.56 Å². The van der Waals surface area contributed by atoms with Gasteiger partial charge in [-0.2, -0.15) is 0 Å². The van der Waals surface area contributed by atoms with Gasteiger partial charge in [0, 0.05) is 37.4 Å². The van der Waals surface area contributed by atoms with Gasteiger partial charge in [0.05, 0.1) is 5.69 Å². The van der Waals surface area contributed by atoms with Gasteiger partial charge in [0.2, 0.25) is 5.91 Å². The minimum Gasteiger partial charge on any atom is -0.399 e. The van der Waals surface area contributed by atoms with Gasteiger partial charge in [0.1, 0.15) is 12.8 Å². The van der Waals surface area contributed by atoms with Crippen LogP contribution in [0.1, 0.15) is 43.4 Å². The molecule has 0 atom stereocenters. The van der Waals surface area contributed by atoms with Crippen LogP contribution in [0.5, 0.6) is 0 Å². The van der Waals surface area contributed by atoms with Crippen molar-refractivity contribution in [3.63, 3.8) is 0 Å². The van der Waals surface area contributed by atoms with E-state index < -0.39 is 0 Å². The number of likely N-dealkylation sites (tertiary alicyclic amines) is 2. The molecule has 1 amide bonds. The van der Waals surface area contributed by atoms with Crippen molar-refractivity contribution in [1.82, 2.24) is 14.8 Å². The molecule has 4 rings (SSSR count). The zero-order valence-electron chi connectivity index (χ0n) is 19.5. The van der Waals surface area contributed by atoms with Crippen LogP contribution in [0.3, 0.4) is 0 Å². The molecule has 1 aromatic heterocycles. The molecule has 2 aliphatic heterocycles. The fraction of sp³-hybridized carbons (Fsp3) is 0.500. The zero-order valence-corrected chi connectivity index (χ0v) is 19.5. The number of hydrogen-bond acceptors (Lipinski definition) is 6. The van der Waals surface area contributed by atoms with Crippen molar-refractivity contribution in [2.24, 2.45) is 17.0 Å². The SMILES string of the molecule is CO/N=C(\CC1CCN(C(=O)C2CCN(Cc3cccc(N)c3)CC2)CC1)c1ccccn1. The van der Waals surface area contributed by atoms with E-state index in [4.69, 9.17) is 10.6 Å². The third-order valence-electron chi connectivity index (χ3n) is 6.86. The summed E-state index contributed by atoms with van der Waals surface area (Å²) in [6.07, 6.45) is 6.47. The van der Waals surface area contributed by atoms with Crippen molar-refractivity contribution in [3.8, 4) is 0 Å². The summed E-state index contributed by atoms with van der Waals surface area (Å²) in [7, 11) is 1.57. The highest BCUT2D eigenvalue weighted by Crippen LogP contribution is 2.27. The van der Waals surface area contributed by atoms with E-state index in [9.17, 15) is 4.79 Å². The van der Waals surface area contributed by atoms with Gasteiger partial charge in [-0.3, -0.25) is 14.7 Å². The number of rotatable bonds is 7. The predicted molar refractivity (Wildman–Crippen MR) is 131 cm³/mol. The van der Waals surface area contributed by atoms with Crippen molar-refractivity contribution in [3.05, 3.63) is 59.9 Å². The third kappa shape index (κ3) is 6.32. The number of pyridine rings is 1. The first kappa shape index (κ1) is 23.2. The minimum atomic E-state index is 0.151. The second kappa shape index (κ2) is 11.3. The number of nitrogen functional groups attached to an aromatic ring is 1. The first-order chi connectivity index (χ1) is 16.1. The van der Waals surface area contributed by atoms with Crippen molar-refractivity contribution < 1.29 is 9.63 Å². The topological polar surface area (TPSA) is 84.0 Å². The second-order valence-corrected chi connectivity index (χ2v) is 9.20. The average molecular weight is 450 g/mol. The van der Waals surface area contributed by atoms with Crippen LogP contribution in [0.2, 0.25) is 0 Å². The molecule has 0 unspecified atom stereocenters. The highest BCUT2D eigenvalue weighted by Gasteiger charge is 2.31. The molecule has 33 heavy (non-hydrogen) atoms. The maximum atomic E-state index is 13.2. The highest BCUT2D eigenvalue weighted by atomic mass is 16.6. The quantitative estimate of drug-likeness (QED) is 0.397. The lowest BCUT2D eigenvalue weighted by molar-refractivity contribution is -0.138. The Balaban J connectivity index is 1.23. The number of carbonyl (C=O) groups is 1. The van der Waals surface area contributed by atoms with Crippen LogP contribution in [0, 0.1) is 11.8 Å². The van der Waals surface area contributed by atoms with Gasteiger partial charge in [-0.15, -0.1) is 0 Å².